The molecule has 1 aliphatic heterocycles. The number of aryl methyl sites for hydroxylation is 2. The van der Waals surface area contributed by atoms with Gasteiger partial charge in [0, 0.05) is 31.1 Å². The van der Waals surface area contributed by atoms with Gasteiger partial charge in [-0.2, -0.15) is 0 Å². The number of nitrogens with one attached hydrogen (secondary N) is 2. The molecule has 1 aromatic heterocycles. The second-order valence-electron chi connectivity index (χ2n) is 6.09. The lowest BCUT2D eigenvalue weighted by Gasteiger charge is -2.21. The molecule has 6 nitrogen and oxygen atoms in total. The van der Waals surface area contributed by atoms with Crippen LogP contribution in [-0.4, -0.2) is 48.7 Å². The molecule has 1 saturated heterocycles. The van der Waals surface area contributed by atoms with Crippen LogP contribution in [0.3, 0.4) is 0 Å². The molecule has 130 valence electrons. The average molecular weight is 321 g/mol. The fraction of sp³-hybridized carbons (Fsp3) is 0.765. The summed E-state index contributed by atoms with van der Waals surface area (Å²) in [6, 6.07) is 0.604. The smallest absolute Gasteiger partial charge is 0.191 e. The summed E-state index contributed by atoms with van der Waals surface area (Å²) < 4.78 is 5.42. The Morgan fingerprint density at radius 2 is 2.13 bits per heavy atom. The van der Waals surface area contributed by atoms with E-state index >= 15 is 0 Å². The minimum absolute atomic E-state index is 0.604. The summed E-state index contributed by atoms with van der Waals surface area (Å²) in [5, 5.41) is 11.0. The van der Waals surface area contributed by atoms with E-state index in [0.29, 0.717) is 12.6 Å². The van der Waals surface area contributed by atoms with Crippen molar-refractivity contribution in [3.05, 3.63) is 17.0 Å². The molecule has 1 fully saturated rings. The first kappa shape index (κ1) is 17.8. The van der Waals surface area contributed by atoms with Crippen molar-refractivity contribution in [2.75, 3.05) is 26.7 Å². The highest BCUT2D eigenvalue weighted by molar-refractivity contribution is 5.79. The van der Waals surface area contributed by atoms with Crippen LogP contribution in [0.5, 0.6) is 0 Å². The van der Waals surface area contributed by atoms with E-state index in [-0.39, 0.29) is 0 Å². The number of rotatable bonds is 7. The van der Waals surface area contributed by atoms with Gasteiger partial charge in [-0.3, -0.25) is 0 Å². The number of guanidine groups is 1. The molecule has 1 atom stereocenters. The Balaban J connectivity index is 1.99. The molecule has 2 heterocycles. The number of hydrogen-bond acceptors (Lipinski definition) is 4. The van der Waals surface area contributed by atoms with Crippen LogP contribution in [0.4, 0.5) is 0 Å². The molecule has 0 radical (unpaired) electrons. The molecule has 0 saturated carbocycles. The fourth-order valence-corrected chi connectivity index (χ4v) is 3.07. The largest absolute Gasteiger partial charge is 0.361 e. The van der Waals surface area contributed by atoms with Crippen LogP contribution >= 0.6 is 0 Å². The molecule has 1 unspecified atom stereocenters. The highest BCUT2D eigenvalue weighted by atomic mass is 16.5. The van der Waals surface area contributed by atoms with Gasteiger partial charge in [-0.25, -0.2) is 4.99 Å². The summed E-state index contributed by atoms with van der Waals surface area (Å²) in [7, 11) is 2.20. The zero-order chi connectivity index (χ0) is 16.7. The number of likely N-dealkylation sites (N-methyl/N-ethyl adjacent to an activating group) is 1. The number of aliphatic imine (C=N–C) groups is 1. The first-order valence-electron chi connectivity index (χ1n) is 8.88. The van der Waals surface area contributed by atoms with E-state index in [4.69, 9.17) is 9.52 Å². The molecular formula is C17H31N5O. The quantitative estimate of drug-likeness (QED) is 0.593. The number of likely N-dealkylation sites (tertiary alicyclic amines) is 1. The second kappa shape index (κ2) is 8.91. The van der Waals surface area contributed by atoms with Gasteiger partial charge in [-0.05, 0) is 39.8 Å². The number of nitrogens with zero attached hydrogens (tertiary/aromatic N) is 3. The maximum Gasteiger partial charge on any atom is 0.191 e. The maximum absolute atomic E-state index is 5.42. The van der Waals surface area contributed by atoms with Gasteiger partial charge in [0.2, 0.25) is 0 Å². The molecule has 23 heavy (non-hydrogen) atoms. The summed E-state index contributed by atoms with van der Waals surface area (Å²) in [6.07, 6.45) is 4.28. The third-order valence-corrected chi connectivity index (χ3v) is 4.52. The van der Waals surface area contributed by atoms with Crippen molar-refractivity contribution in [3.63, 3.8) is 0 Å². The van der Waals surface area contributed by atoms with Crippen molar-refractivity contribution in [2.45, 2.75) is 59.0 Å². The van der Waals surface area contributed by atoms with Crippen LogP contribution in [0.2, 0.25) is 0 Å². The lowest BCUT2D eigenvalue weighted by atomic mass is 10.1. The van der Waals surface area contributed by atoms with Crippen molar-refractivity contribution < 1.29 is 4.52 Å². The highest BCUT2D eigenvalue weighted by Gasteiger charge is 2.20. The Bertz CT molecular complexity index is 490. The molecule has 1 aliphatic rings. The first-order valence-corrected chi connectivity index (χ1v) is 8.88. The second-order valence-corrected chi connectivity index (χ2v) is 6.09. The Kier molecular flexibility index (Phi) is 6.89. The minimum atomic E-state index is 0.604. The third-order valence-electron chi connectivity index (χ3n) is 4.52. The first-order chi connectivity index (χ1) is 11.2. The van der Waals surface area contributed by atoms with E-state index in [1.807, 2.05) is 0 Å². The number of aromatic nitrogens is 1. The van der Waals surface area contributed by atoms with Gasteiger partial charge >= 0.3 is 0 Å². The summed E-state index contributed by atoms with van der Waals surface area (Å²) in [5.41, 5.74) is 2.17. The fourth-order valence-electron chi connectivity index (χ4n) is 3.07. The van der Waals surface area contributed by atoms with E-state index in [1.54, 1.807) is 0 Å². The lowest BCUT2D eigenvalue weighted by molar-refractivity contribution is 0.309. The summed E-state index contributed by atoms with van der Waals surface area (Å²) >= 11 is 0. The standard InChI is InChI=1S/C17H31N5O/c1-5-15-14(16(6-2)23-21-15)12-20-17(18-7-3)19-11-13-9-8-10-22(13)4/h13H,5-12H2,1-4H3,(H2,18,19,20). The lowest BCUT2D eigenvalue weighted by Crippen LogP contribution is -2.44. The van der Waals surface area contributed by atoms with Crippen molar-refractivity contribution in [2.24, 2.45) is 4.99 Å². The van der Waals surface area contributed by atoms with Crippen molar-refractivity contribution in [1.82, 2.24) is 20.7 Å². The van der Waals surface area contributed by atoms with Crippen LogP contribution in [0.25, 0.3) is 0 Å². The van der Waals surface area contributed by atoms with Crippen LogP contribution in [0, 0.1) is 0 Å². The van der Waals surface area contributed by atoms with Gasteiger partial charge in [-0.15, -0.1) is 0 Å². The Hall–Kier alpha value is -1.56. The molecule has 6 heteroatoms. The normalized spacial score (nSPS) is 19.3. The van der Waals surface area contributed by atoms with Crippen molar-refractivity contribution in [3.8, 4) is 0 Å². The van der Waals surface area contributed by atoms with Crippen LogP contribution < -0.4 is 10.6 Å². The van der Waals surface area contributed by atoms with Crippen LogP contribution in [0.1, 0.15) is 50.6 Å². The van der Waals surface area contributed by atoms with Crippen LogP contribution in [0.15, 0.2) is 9.52 Å². The summed E-state index contributed by atoms with van der Waals surface area (Å²) in [5.74, 6) is 1.83. The molecular weight excluding hydrogens is 290 g/mol. The predicted molar refractivity (Wildman–Crippen MR) is 93.7 cm³/mol. The van der Waals surface area contributed by atoms with Gasteiger partial charge in [0.1, 0.15) is 5.76 Å². The van der Waals surface area contributed by atoms with E-state index in [2.05, 4.69) is 48.5 Å². The monoisotopic (exact) mass is 321 g/mol. The van der Waals surface area contributed by atoms with E-state index in [9.17, 15) is 0 Å². The molecule has 1 aromatic rings. The van der Waals surface area contributed by atoms with Crippen LogP contribution in [-0.2, 0) is 19.4 Å². The van der Waals surface area contributed by atoms with E-state index in [0.717, 1.165) is 48.9 Å². The Labute approximate surface area is 139 Å². The topological polar surface area (TPSA) is 65.7 Å². The predicted octanol–water partition coefficient (Wildman–Crippen LogP) is 1.95. The van der Waals surface area contributed by atoms with E-state index < -0.39 is 0 Å². The Morgan fingerprint density at radius 3 is 2.74 bits per heavy atom. The molecule has 0 bridgehead atoms. The third kappa shape index (κ3) is 4.70. The van der Waals surface area contributed by atoms with Gasteiger partial charge < -0.3 is 20.1 Å². The summed E-state index contributed by atoms with van der Waals surface area (Å²) in [6.45, 7) is 9.89. The molecule has 0 aromatic carbocycles. The van der Waals surface area contributed by atoms with Gasteiger partial charge in [0.15, 0.2) is 5.96 Å². The van der Waals surface area contributed by atoms with Gasteiger partial charge in [-0.1, -0.05) is 19.0 Å². The zero-order valence-corrected chi connectivity index (χ0v) is 15.0. The molecule has 0 aliphatic carbocycles. The molecule has 2 N–H and O–H groups in total. The molecule has 0 spiro atoms. The zero-order valence-electron chi connectivity index (χ0n) is 15.0. The molecule has 0 amide bonds. The van der Waals surface area contributed by atoms with Crippen molar-refractivity contribution in [1.29, 1.82) is 0 Å². The SMILES string of the molecule is CCNC(=NCc1c(CC)noc1CC)NCC1CCCN1C. The maximum atomic E-state index is 5.42. The van der Waals surface area contributed by atoms with Gasteiger partial charge in [0.25, 0.3) is 0 Å². The highest BCUT2D eigenvalue weighted by Crippen LogP contribution is 2.17. The number of hydrogen-bond donors (Lipinski definition) is 2. The minimum Gasteiger partial charge on any atom is -0.361 e. The van der Waals surface area contributed by atoms with E-state index in [1.165, 1.54) is 19.4 Å². The molecule has 2 rings (SSSR count). The summed E-state index contributed by atoms with van der Waals surface area (Å²) in [4.78, 5) is 7.15. The Morgan fingerprint density at radius 1 is 1.30 bits per heavy atom. The van der Waals surface area contributed by atoms with Crippen molar-refractivity contribution >= 4 is 5.96 Å². The average Bonchev–Trinajstić information content (AvgIpc) is 3.15. The van der Waals surface area contributed by atoms with Gasteiger partial charge in [0.05, 0.1) is 12.2 Å².